The molecule has 21 heavy (non-hydrogen) atoms. The molecule has 112 valence electrons. The summed E-state index contributed by atoms with van der Waals surface area (Å²) in [6, 6.07) is 4.14. The van der Waals surface area contributed by atoms with Gasteiger partial charge in [0.15, 0.2) is 10.5 Å². The van der Waals surface area contributed by atoms with Crippen molar-refractivity contribution in [3.63, 3.8) is 0 Å². The second kappa shape index (κ2) is 6.24. The number of nitro benzene ring substituents is 1. The molecule has 0 saturated carbocycles. The highest BCUT2D eigenvalue weighted by molar-refractivity contribution is 9.11. The van der Waals surface area contributed by atoms with Crippen LogP contribution in [0.1, 0.15) is 11.3 Å². The average Bonchev–Trinajstić information content (AvgIpc) is 2.65. The van der Waals surface area contributed by atoms with Gasteiger partial charge in [-0.05, 0) is 57.3 Å². The Kier molecular flexibility index (Phi) is 4.79. The molecule has 2 rings (SSSR count). The number of nitro groups is 1. The van der Waals surface area contributed by atoms with Gasteiger partial charge >= 0.3 is 11.3 Å². The largest absolute Gasteiger partial charge is 0.384 e. The zero-order chi connectivity index (χ0) is 15.7. The minimum absolute atomic E-state index is 0.129. The van der Waals surface area contributed by atoms with Crippen LogP contribution in [-0.4, -0.2) is 18.1 Å². The van der Waals surface area contributed by atoms with E-state index in [1.54, 1.807) is 13.8 Å². The lowest BCUT2D eigenvalue weighted by atomic mass is 10.2. The van der Waals surface area contributed by atoms with E-state index in [2.05, 4.69) is 36.8 Å². The van der Waals surface area contributed by atoms with E-state index < -0.39 is 16.2 Å². The van der Waals surface area contributed by atoms with E-state index in [4.69, 9.17) is 4.18 Å². The fourth-order valence-corrected chi connectivity index (χ4v) is 3.89. The third-order valence-electron chi connectivity index (χ3n) is 2.65. The molecule has 0 radical (unpaired) electrons. The van der Waals surface area contributed by atoms with Crippen molar-refractivity contribution in [1.82, 2.24) is 8.96 Å². The third-order valence-corrected chi connectivity index (χ3v) is 5.24. The highest BCUT2D eigenvalue weighted by Gasteiger charge is 2.19. The van der Waals surface area contributed by atoms with Crippen LogP contribution in [0, 0.1) is 24.0 Å². The Morgan fingerprint density at radius 3 is 2.57 bits per heavy atom. The lowest BCUT2D eigenvalue weighted by Crippen LogP contribution is -2.13. The maximum Gasteiger partial charge on any atom is 0.324 e. The first-order valence-corrected chi connectivity index (χ1v) is 8.19. The van der Waals surface area contributed by atoms with Crippen LogP contribution < -0.4 is 4.18 Å². The van der Waals surface area contributed by atoms with Crippen LogP contribution in [-0.2, 0) is 11.3 Å². The molecule has 0 aliphatic rings. The van der Waals surface area contributed by atoms with Crippen molar-refractivity contribution in [3.8, 4) is 5.75 Å². The molecule has 0 aliphatic heterocycles. The normalized spacial score (nSPS) is 12.2. The van der Waals surface area contributed by atoms with Gasteiger partial charge in [0.05, 0.1) is 16.7 Å². The van der Waals surface area contributed by atoms with Crippen LogP contribution >= 0.6 is 31.9 Å². The Bertz CT molecular complexity index is 747. The first-order chi connectivity index (χ1) is 9.81. The lowest BCUT2D eigenvalue weighted by Gasteiger charge is -2.09. The van der Waals surface area contributed by atoms with Crippen molar-refractivity contribution >= 4 is 48.8 Å². The monoisotopic (exact) mass is 437 g/mol. The van der Waals surface area contributed by atoms with Crippen molar-refractivity contribution in [2.24, 2.45) is 0 Å². The van der Waals surface area contributed by atoms with Crippen LogP contribution in [0.5, 0.6) is 5.75 Å². The molecular weight excluding hydrogens is 430 g/mol. The molecule has 0 N–H and O–H groups in total. The molecule has 1 unspecified atom stereocenters. The molecule has 0 saturated heterocycles. The average molecular weight is 439 g/mol. The number of benzene rings is 1. The van der Waals surface area contributed by atoms with Crippen molar-refractivity contribution in [3.05, 3.63) is 48.9 Å². The molecule has 0 spiro atoms. The van der Waals surface area contributed by atoms with Gasteiger partial charge in [-0.3, -0.25) is 10.1 Å². The third kappa shape index (κ3) is 3.33. The summed E-state index contributed by atoms with van der Waals surface area (Å²) in [6.07, 6.45) is 0. The molecule has 1 atom stereocenters. The van der Waals surface area contributed by atoms with Gasteiger partial charge in [0, 0.05) is 6.07 Å². The summed E-state index contributed by atoms with van der Waals surface area (Å²) < 4.78 is 19.8. The van der Waals surface area contributed by atoms with Crippen LogP contribution in [0.3, 0.4) is 0 Å². The molecule has 0 amide bonds. The summed E-state index contributed by atoms with van der Waals surface area (Å²) in [5.74, 6) is 0.179. The van der Waals surface area contributed by atoms with Gasteiger partial charge in [0.2, 0.25) is 0 Å². The number of imidazole rings is 1. The number of hydrogen-bond donors (Lipinski definition) is 0. The van der Waals surface area contributed by atoms with Gasteiger partial charge in [-0.25, -0.2) is 8.96 Å². The van der Waals surface area contributed by atoms with Gasteiger partial charge < -0.3 is 4.18 Å². The van der Waals surface area contributed by atoms with Crippen LogP contribution in [0.2, 0.25) is 0 Å². The minimum Gasteiger partial charge on any atom is -0.384 e. The SMILES string of the molecule is Cc1ccc([N+](=O)[O-])cc1OS(=O)n1c(Br)nc(Br)c1C. The molecule has 1 heterocycles. The summed E-state index contributed by atoms with van der Waals surface area (Å²) in [7, 11) is 0. The standard InChI is InChI=1S/C11H9Br2N3O4S/c1-6-3-4-8(16(17)18)5-9(6)20-21(19)15-7(2)10(12)14-11(15)13/h3-5H,1-2H3. The Labute approximate surface area is 139 Å². The van der Waals surface area contributed by atoms with Gasteiger partial charge in [-0.15, -0.1) is 0 Å². The zero-order valence-corrected chi connectivity index (χ0v) is 14.9. The fourth-order valence-electron chi connectivity index (χ4n) is 1.51. The van der Waals surface area contributed by atoms with E-state index in [9.17, 15) is 14.3 Å². The van der Waals surface area contributed by atoms with Crippen LogP contribution in [0.4, 0.5) is 5.69 Å². The van der Waals surface area contributed by atoms with Crippen LogP contribution in [0.25, 0.3) is 0 Å². The maximum absolute atomic E-state index is 12.3. The minimum atomic E-state index is -1.91. The van der Waals surface area contributed by atoms with Crippen molar-refractivity contribution in [2.45, 2.75) is 13.8 Å². The number of rotatable bonds is 4. The number of halogens is 2. The van der Waals surface area contributed by atoms with Crippen molar-refractivity contribution in [1.29, 1.82) is 0 Å². The Balaban J connectivity index is 2.35. The van der Waals surface area contributed by atoms with E-state index in [0.717, 1.165) is 0 Å². The van der Waals surface area contributed by atoms with E-state index in [0.29, 0.717) is 20.6 Å². The first-order valence-electron chi connectivity index (χ1n) is 5.57. The molecule has 2 aromatic rings. The molecular formula is C11H9Br2N3O4S. The fraction of sp³-hybridized carbons (Fsp3) is 0.182. The lowest BCUT2D eigenvalue weighted by molar-refractivity contribution is -0.384. The molecule has 10 heteroatoms. The zero-order valence-electron chi connectivity index (χ0n) is 10.9. The molecule has 0 aliphatic carbocycles. The Morgan fingerprint density at radius 2 is 2.05 bits per heavy atom. The summed E-state index contributed by atoms with van der Waals surface area (Å²) in [4.78, 5) is 14.3. The molecule has 0 fully saturated rings. The number of hydrogen-bond acceptors (Lipinski definition) is 5. The number of aromatic nitrogens is 2. The predicted octanol–water partition coefficient (Wildman–Crippen LogP) is 3.44. The van der Waals surface area contributed by atoms with Gasteiger partial charge in [0.1, 0.15) is 4.60 Å². The summed E-state index contributed by atoms with van der Waals surface area (Å²) in [5.41, 5.74) is 1.11. The van der Waals surface area contributed by atoms with E-state index in [1.165, 1.54) is 22.2 Å². The van der Waals surface area contributed by atoms with Gasteiger partial charge in [0.25, 0.3) is 5.69 Å². The summed E-state index contributed by atoms with van der Waals surface area (Å²) in [6.45, 7) is 3.42. The summed E-state index contributed by atoms with van der Waals surface area (Å²) >= 11 is 4.49. The smallest absolute Gasteiger partial charge is 0.324 e. The highest BCUT2D eigenvalue weighted by atomic mass is 79.9. The van der Waals surface area contributed by atoms with E-state index >= 15 is 0 Å². The first kappa shape index (κ1) is 16.1. The second-order valence-electron chi connectivity index (χ2n) is 4.06. The highest BCUT2D eigenvalue weighted by Crippen LogP contribution is 2.27. The molecule has 1 aromatic carbocycles. The quantitative estimate of drug-likeness (QED) is 0.538. The number of non-ortho nitro benzene ring substituents is 1. The summed E-state index contributed by atoms with van der Waals surface area (Å²) in [5, 5.41) is 10.8. The molecule has 1 aromatic heterocycles. The van der Waals surface area contributed by atoms with Crippen molar-refractivity contribution in [2.75, 3.05) is 0 Å². The number of aryl methyl sites for hydroxylation is 1. The van der Waals surface area contributed by atoms with E-state index in [-0.39, 0.29) is 11.4 Å². The van der Waals surface area contributed by atoms with Gasteiger partial charge in [-0.2, -0.15) is 4.21 Å². The van der Waals surface area contributed by atoms with E-state index in [1.807, 2.05) is 0 Å². The Hall–Kier alpha value is -1.26. The number of nitrogens with zero attached hydrogens (tertiary/aromatic N) is 3. The van der Waals surface area contributed by atoms with Gasteiger partial charge in [-0.1, -0.05) is 0 Å². The maximum atomic E-state index is 12.3. The Morgan fingerprint density at radius 1 is 1.38 bits per heavy atom. The van der Waals surface area contributed by atoms with Crippen LogP contribution in [0.15, 0.2) is 27.5 Å². The topological polar surface area (TPSA) is 87.3 Å². The van der Waals surface area contributed by atoms with Crippen molar-refractivity contribution < 1.29 is 13.3 Å². The molecule has 0 bridgehead atoms. The molecule has 7 nitrogen and oxygen atoms in total. The second-order valence-corrected chi connectivity index (χ2v) is 6.49. The predicted molar refractivity (Wildman–Crippen MR) is 84.4 cm³/mol.